The molecule has 74 heavy (non-hydrogen) atoms. The molecule has 4 atom stereocenters. The number of nitrogens with zero attached hydrogens (tertiary/aromatic N) is 3. The number of amides is 5. The highest BCUT2D eigenvalue weighted by molar-refractivity contribution is 6.15. The number of methoxy groups -OCH3 is 2. The molecule has 16 heteroatoms. The van der Waals surface area contributed by atoms with E-state index in [4.69, 9.17) is 19.2 Å². The molecular formula is C58H62N6O10. The van der Waals surface area contributed by atoms with Crippen LogP contribution in [0, 0.1) is 12.8 Å². The van der Waals surface area contributed by atoms with Crippen molar-refractivity contribution in [1.29, 1.82) is 0 Å². The lowest BCUT2D eigenvalue weighted by Crippen LogP contribution is -2.53. The molecule has 0 fully saturated rings. The predicted octanol–water partition coefficient (Wildman–Crippen LogP) is 8.28. The fraction of sp³-hybridized carbons (Fsp3) is 0.362. The molecule has 0 spiro atoms. The summed E-state index contributed by atoms with van der Waals surface area (Å²) in [5.74, 6) is -0.819. The molecule has 0 bridgehead atoms. The van der Waals surface area contributed by atoms with Gasteiger partial charge in [0, 0.05) is 60.2 Å². The second-order valence-electron chi connectivity index (χ2n) is 19.8. The van der Waals surface area contributed by atoms with Crippen molar-refractivity contribution in [1.82, 2.24) is 10.6 Å². The van der Waals surface area contributed by atoms with Gasteiger partial charge in [-0.3, -0.25) is 38.7 Å². The number of esters is 1. The van der Waals surface area contributed by atoms with E-state index in [1.807, 2.05) is 83.6 Å². The Labute approximate surface area is 430 Å². The Morgan fingerprint density at radius 3 is 2.07 bits per heavy atom. The number of anilines is 3. The van der Waals surface area contributed by atoms with Crippen LogP contribution in [0.1, 0.15) is 107 Å². The van der Waals surface area contributed by atoms with Crippen molar-refractivity contribution < 1.29 is 47.7 Å². The second kappa shape index (κ2) is 22.0. The first-order chi connectivity index (χ1) is 35.7. The van der Waals surface area contributed by atoms with Gasteiger partial charge in [-0.15, -0.1) is 0 Å². The van der Waals surface area contributed by atoms with Gasteiger partial charge in [0.25, 0.3) is 11.8 Å². The molecule has 4 aliphatic heterocycles. The number of benzene rings is 5. The number of unbranched alkanes of at least 4 members (excludes halogenated alkanes) is 1. The Hall–Kier alpha value is -8.01. The Kier molecular flexibility index (Phi) is 15.1. The van der Waals surface area contributed by atoms with Gasteiger partial charge in [0.05, 0.1) is 31.5 Å². The lowest BCUT2D eigenvalue weighted by molar-refractivity contribution is -0.140. The number of nitrogens with one attached hydrogen (secondary N) is 3. The van der Waals surface area contributed by atoms with Gasteiger partial charge in [0.15, 0.2) is 11.5 Å². The highest BCUT2D eigenvalue weighted by Gasteiger charge is 2.39. The number of aliphatic imine (C=N–C) groups is 1. The van der Waals surface area contributed by atoms with Crippen molar-refractivity contribution in [2.45, 2.75) is 116 Å². The lowest BCUT2D eigenvalue weighted by Gasteiger charge is -2.24. The summed E-state index contributed by atoms with van der Waals surface area (Å²) in [4.78, 5) is 88.4. The average Bonchev–Trinajstić information content (AvgIpc) is 3.89. The minimum atomic E-state index is -1.01. The van der Waals surface area contributed by atoms with Crippen LogP contribution in [0.5, 0.6) is 17.2 Å². The number of para-hydroxylation sites is 2. The van der Waals surface area contributed by atoms with Crippen molar-refractivity contribution in [2.75, 3.05) is 29.3 Å². The highest BCUT2D eigenvalue weighted by atomic mass is 16.5. The molecule has 0 aliphatic carbocycles. The summed E-state index contributed by atoms with van der Waals surface area (Å²) in [5.41, 5.74) is 9.01. The van der Waals surface area contributed by atoms with Gasteiger partial charge in [-0.2, -0.15) is 0 Å². The van der Waals surface area contributed by atoms with Crippen molar-refractivity contribution in [2.24, 2.45) is 10.9 Å². The third kappa shape index (κ3) is 10.8. The first kappa shape index (κ1) is 50.9. The molecular weight excluding hydrogens is 941 g/mol. The molecule has 0 radical (unpaired) electrons. The van der Waals surface area contributed by atoms with Crippen LogP contribution < -0.4 is 40.0 Å². The van der Waals surface area contributed by atoms with E-state index >= 15 is 0 Å². The number of ether oxygens (including phenoxy) is 4. The molecule has 0 unspecified atom stereocenters. The molecule has 5 amide bonds. The van der Waals surface area contributed by atoms with E-state index < -0.39 is 23.9 Å². The quantitative estimate of drug-likeness (QED) is 0.0568. The molecule has 5 aromatic rings. The summed E-state index contributed by atoms with van der Waals surface area (Å²) in [6.07, 6.45) is 5.99. The molecule has 4 heterocycles. The third-order valence-electron chi connectivity index (χ3n) is 14.2. The standard InChI is InChI=1S/C58H62N6O10/c1-33(2)54(62-52(65)17-11-12-18-53(66)72-6)56(68)60-35(4)55(67)61-41-23-36(31-73-49-29-46-45(21-34(49)3)58(70)64-43(30-59-46)26-40-14-8-10-16-48(40)64)22-37(24-41)32-74-51-27-38-19-20-42-25-39-13-7-9-15-47(39)63(42)57(69)44(38)28-50(51)71-5/h7-10,13-16,21-24,27-30,33,35,42-43,54H,11-12,17-20,25-26,31-32H2,1-6H3,(H,60,68)(H,61,67)(H,62,65)/t35-,42+,43-,54-/m0/s1. The summed E-state index contributed by atoms with van der Waals surface area (Å²) in [7, 11) is 2.85. The Morgan fingerprint density at radius 2 is 1.36 bits per heavy atom. The zero-order valence-corrected chi connectivity index (χ0v) is 42.6. The van der Waals surface area contributed by atoms with Crippen molar-refractivity contribution in [3.05, 3.63) is 136 Å². The minimum Gasteiger partial charge on any atom is -0.493 e. The fourth-order valence-electron chi connectivity index (χ4n) is 10.3. The summed E-state index contributed by atoms with van der Waals surface area (Å²) in [5, 5.41) is 8.50. The summed E-state index contributed by atoms with van der Waals surface area (Å²) >= 11 is 0. The van der Waals surface area contributed by atoms with Crippen LogP contribution in [-0.4, -0.2) is 80.1 Å². The maximum atomic E-state index is 14.2. The van der Waals surface area contributed by atoms with Crippen LogP contribution in [0.2, 0.25) is 0 Å². The SMILES string of the molecule is COC(=O)CCCCC(=O)N[C@H](C(=O)N[C@@H](C)C(=O)Nc1cc(COc2cc3c(cc2C)C(=O)N2c4ccccc4C[C@H]2C=N3)cc(COc2cc3c(cc2OC)C(=O)N2c4ccccc4C[C@H]2CC3)c1)C(C)C. The Bertz CT molecular complexity index is 3060. The van der Waals surface area contributed by atoms with E-state index in [1.165, 1.54) is 14.2 Å². The topological polar surface area (TPSA) is 194 Å². The first-order valence-corrected chi connectivity index (χ1v) is 25.3. The van der Waals surface area contributed by atoms with Gasteiger partial charge in [-0.05, 0) is 134 Å². The van der Waals surface area contributed by atoms with Crippen LogP contribution in [0.4, 0.5) is 22.7 Å². The fourth-order valence-corrected chi connectivity index (χ4v) is 10.3. The second-order valence-corrected chi connectivity index (χ2v) is 19.8. The van der Waals surface area contributed by atoms with Crippen molar-refractivity contribution >= 4 is 64.5 Å². The van der Waals surface area contributed by atoms with Crippen LogP contribution in [-0.2, 0) is 56.4 Å². The first-order valence-electron chi connectivity index (χ1n) is 25.3. The molecule has 9 rings (SSSR count). The van der Waals surface area contributed by atoms with Crippen LogP contribution in [0.15, 0.2) is 96.0 Å². The van der Waals surface area contributed by atoms with E-state index in [0.29, 0.717) is 76.6 Å². The molecule has 4 aliphatic rings. The zero-order chi connectivity index (χ0) is 52.2. The van der Waals surface area contributed by atoms with E-state index in [9.17, 15) is 28.8 Å². The summed E-state index contributed by atoms with van der Waals surface area (Å²) < 4.78 is 23.5. The molecule has 0 saturated carbocycles. The number of fused-ring (bicyclic) bond motifs is 8. The molecule has 0 saturated heterocycles. The lowest BCUT2D eigenvalue weighted by atomic mass is 9.99. The van der Waals surface area contributed by atoms with E-state index in [-0.39, 0.29) is 67.7 Å². The third-order valence-corrected chi connectivity index (χ3v) is 14.2. The van der Waals surface area contributed by atoms with E-state index in [0.717, 1.165) is 46.5 Å². The number of hydrogen-bond acceptors (Lipinski definition) is 11. The van der Waals surface area contributed by atoms with E-state index in [1.54, 1.807) is 45.0 Å². The molecule has 0 aromatic heterocycles. The van der Waals surface area contributed by atoms with Gasteiger partial charge < -0.3 is 39.8 Å². The Morgan fingerprint density at radius 1 is 0.703 bits per heavy atom. The van der Waals surface area contributed by atoms with Gasteiger partial charge in [0.1, 0.15) is 31.0 Å². The number of hydrogen-bond donors (Lipinski definition) is 3. The van der Waals surface area contributed by atoms with Gasteiger partial charge >= 0.3 is 5.97 Å². The maximum absolute atomic E-state index is 14.2. The minimum absolute atomic E-state index is 0.0438. The molecule has 384 valence electrons. The van der Waals surface area contributed by atoms with E-state index in [2.05, 4.69) is 26.8 Å². The van der Waals surface area contributed by atoms with Crippen LogP contribution >= 0.6 is 0 Å². The zero-order valence-electron chi connectivity index (χ0n) is 42.6. The number of rotatable bonds is 18. The monoisotopic (exact) mass is 1000 g/mol. The number of carbonyl (C=O) groups excluding carboxylic acids is 6. The number of aryl methyl sites for hydroxylation is 2. The predicted molar refractivity (Wildman–Crippen MR) is 281 cm³/mol. The molecule has 5 aromatic carbocycles. The number of carbonyl (C=O) groups is 6. The average molecular weight is 1000 g/mol. The summed E-state index contributed by atoms with van der Waals surface area (Å²) in [6, 6.07) is 26.6. The Balaban J connectivity index is 0.932. The van der Waals surface area contributed by atoms with Gasteiger partial charge in [-0.25, -0.2) is 0 Å². The highest BCUT2D eigenvalue weighted by Crippen LogP contribution is 2.42. The van der Waals surface area contributed by atoms with Crippen LogP contribution in [0.25, 0.3) is 0 Å². The van der Waals surface area contributed by atoms with Gasteiger partial charge in [-0.1, -0.05) is 50.2 Å². The maximum Gasteiger partial charge on any atom is 0.305 e. The molecule has 3 N–H and O–H groups in total. The largest absolute Gasteiger partial charge is 0.493 e. The van der Waals surface area contributed by atoms with Gasteiger partial charge in [0.2, 0.25) is 17.7 Å². The smallest absolute Gasteiger partial charge is 0.305 e. The van der Waals surface area contributed by atoms with Crippen LogP contribution in [0.3, 0.4) is 0 Å². The summed E-state index contributed by atoms with van der Waals surface area (Å²) in [6.45, 7) is 7.15. The molecule has 16 nitrogen and oxygen atoms in total. The van der Waals surface area contributed by atoms with Crippen molar-refractivity contribution in [3.63, 3.8) is 0 Å². The van der Waals surface area contributed by atoms with Crippen molar-refractivity contribution in [3.8, 4) is 17.2 Å². The normalized spacial score (nSPS) is 16.8.